The molecule has 4 rings (SSSR count). The van der Waals surface area contributed by atoms with Crippen LogP contribution in [-0.4, -0.2) is 39.4 Å². The third kappa shape index (κ3) is 4.95. The molecule has 0 unspecified atom stereocenters. The number of hydrogen-bond donors (Lipinski definition) is 0. The first kappa shape index (κ1) is 25.0. The number of amides is 3. The van der Waals surface area contributed by atoms with E-state index in [0.717, 1.165) is 16.0 Å². The fourth-order valence-electron chi connectivity index (χ4n) is 3.78. The van der Waals surface area contributed by atoms with Crippen molar-refractivity contribution in [1.82, 2.24) is 10.1 Å². The fraction of sp³-hybridized carbons (Fsp3) is 0.333. The van der Waals surface area contributed by atoms with Crippen molar-refractivity contribution < 1.29 is 28.4 Å². The molecule has 0 atom stereocenters. The van der Waals surface area contributed by atoms with E-state index in [2.05, 4.69) is 11.7 Å². The van der Waals surface area contributed by atoms with Gasteiger partial charge in [0.05, 0.1) is 11.9 Å². The second-order valence-corrected chi connectivity index (χ2v) is 10.5. The van der Waals surface area contributed by atoms with Crippen LogP contribution in [0.4, 0.5) is 15.4 Å². The molecule has 3 aromatic rings. The van der Waals surface area contributed by atoms with E-state index in [4.69, 9.17) is 14.0 Å². The highest BCUT2D eigenvalue weighted by molar-refractivity contribution is 6.13. The predicted molar refractivity (Wildman–Crippen MR) is 134 cm³/mol. The second-order valence-electron chi connectivity index (χ2n) is 10.5. The van der Waals surface area contributed by atoms with Gasteiger partial charge in [-0.1, -0.05) is 36.0 Å². The zero-order valence-electron chi connectivity index (χ0n) is 21.2. The molecule has 9 heteroatoms. The Kier molecular flexibility index (Phi) is 6.12. The van der Waals surface area contributed by atoms with Crippen LogP contribution in [0.15, 0.2) is 53.6 Å². The van der Waals surface area contributed by atoms with Gasteiger partial charge in [-0.15, -0.1) is 0 Å². The minimum absolute atomic E-state index is 0.0646. The van der Waals surface area contributed by atoms with Gasteiger partial charge in [-0.05, 0) is 65.3 Å². The summed E-state index contributed by atoms with van der Waals surface area (Å²) < 4.78 is 16.3. The highest BCUT2D eigenvalue weighted by Gasteiger charge is 2.36. The molecule has 9 nitrogen and oxygen atoms in total. The Morgan fingerprint density at radius 2 is 1.56 bits per heavy atom. The minimum Gasteiger partial charge on any atom is -0.443 e. The SMILES string of the molecule is C=C1c2ccccc2C(=O)N1Cc1ccc2onc(N(C(=O)OC(C)(C)C)C(=O)OC(C)(C)C)c2c1. The number of ether oxygens (including phenoxy) is 2. The number of anilines is 1. The van der Waals surface area contributed by atoms with Crippen LogP contribution in [0.3, 0.4) is 0 Å². The van der Waals surface area contributed by atoms with Crippen LogP contribution in [-0.2, 0) is 16.0 Å². The van der Waals surface area contributed by atoms with E-state index < -0.39 is 23.4 Å². The molecule has 0 saturated carbocycles. The van der Waals surface area contributed by atoms with Gasteiger partial charge in [0.25, 0.3) is 5.91 Å². The number of carbonyl (C=O) groups is 3. The largest absolute Gasteiger partial charge is 0.443 e. The van der Waals surface area contributed by atoms with Crippen LogP contribution in [0, 0.1) is 0 Å². The molecule has 0 aliphatic carbocycles. The quantitative estimate of drug-likeness (QED) is 0.434. The Morgan fingerprint density at radius 1 is 0.972 bits per heavy atom. The number of benzene rings is 2. The van der Waals surface area contributed by atoms with Crippen molar-refractivity contribution >= 4 is 40.6 Å². The summed E-state index contributed by atoms with van der Waals surface area (Å²) in [5.74, 6) is -0.212. The molecule has 1 aromatic heterocycles. The Bertz CT molecular complexity index is 1310. The molecule has 2 heterocycles. The van der Waals surface area contributed by atoms with E-state index >= 15 is 0 Å². The Hall–Kier alpha value is -4.14. The first-order chi connectivity index (χ1) is 16.7. The van der Waals surface area contributed by atoms with Crippen LogP contribution >= 0.6 is 0 Å². The Morgan fingerprint density at radius 3 is 2.11 bits per heavy atom. The number of aromatic nitrogens is 1. The Labute approximate surface area is 209 Å². The zero-order valence-corrected chi connectivity index (χ0v) is 21.2. The maximum Gasteiger partial charge on any atom is 0.425 e. The average molecular weight is 492 g/mol. The zero-order chi connectivity index (χ0) is 26.4. The molecular weight excluding hydrogens is 462 g/mol. The summed E-state index contributed by atoms with van der Waals surface area (Å²) in [6.07, 6.45) is -1.90. The number of hydrogen-bond acceptors (Lipinski definition) is 7. The lowest BCUT2D eigenvalue weighted by Gasteiger charge is -2.27. The van der Waals surface area contributed by atoms with Crippen molar-refractivity contribution in [2.24, 2.45) is 0 Å². The predicted octanol–water partition coefficient (Wildman–Crippen LogP) is 6.13. The summed E-state index contributed by atoms with van der Waals surface area (Å²) in [7, 11) is 0. The number of imide groups is 1. The van der Waals surface area contributed by atoms with Crippen molar-refractivity contribution in [2.45, 2.75) is 59.3 Å². The van der Waals surface area contributed by atoms with Crippen LogP contribution in [0.5, 0.6) is 0 Å². The molecule has 1 aliphatic rings. The molecule has 2 aromatic carbocycles. The summed E-state index contributed by atoms with van der Waals surface area (Å²) in [5, 5.41) is 4.37. The summed E-state index contributed by atoms with van der Waals surface area (Å²) in [4.78, 5) is 41.4. The monoisotopic (exact) mass is 491 g/mol. The highest BCUT2D eigenvalue weighted by atomic mass is 16.6. The summed E-state index contributed by atoms with van der Waals surface area (Å²) in [6, 6.07) is 12.5. The smallest absolute Gasteiger partial charge is 0.425 e. The molecule has 188 valence electrons. The maximum absolute atomic E-state index is 13.1. The van der Waals surface area contributed by atoms with Crippen LogP contribution in [0.1, 0.15) is 63.0 Å². The van der Waals surface area contributed by atoms with Crippen molar-refractivity contribution in [3.8, 4) is 0 Å². The van der Waals surface area contributed by atoms with Gasteiger partial charge in [-0.25, -0.2) is 9.59 Å². The minimum atomic E-state index is -0.948. The number of rotatable bonds is 3. The van der Waals surface area contributed by atoms with E-state index in [1.165, 1.54) is 0 Å². The average Bonchev–Trinajstić information content (AvgIpc) is 3.26. The van der Waals surface area contributed by atoms with E-state index in [1.54, 1.807) is 70.7 Å². The number of fused-ring (bicyclic) bond motifs is 2. The number of carbonyl (C=O) groups excluding carboxylic acids is 3. The number of nitrogens with zero attached hydrogens (tertiary/aromatic N) is 3. The first-order valence-electron chi connectivity index (χ1n) is 11.5. The first-order valence-corrected chi connectivity index (χ1v) is 11.5. The normalized spacial score (nSPS) is 13.7. The van der Waals surface area contributed by atoms with E-state index in [9.17, 15) is 14.4 Å². The van der Waals surface area contributed by atoms with Gasteiger partial charge >= 0.3 is 12.2 Å². The summed E-state index contributed by atoms with van der Waals surface area (Å²) >= 11 is 0. The van der Waals surface area contributed by atoms with E-state index in [0.29, 0.717) is 22.2 Å². The van der Waals surface area contributed by atoms with Crippen molar-refractivity contribution in [1.29, 1.82) is 0 Å². The molecule has 36 heavy (non-hydrogen) atoms. The standard InChI is InChI=1S/C27H29N3O6/c1-16-18-10-8-9-11-19(18)23(31)29(16)15-17-12-13-21-20(14-17)22(28-36-21)30(24(32)34-26(2,3)4)25(33)35-27(5,6)7/h8-14H,1,15H2,2-7H3. The van der Waals surface area contributed by atoms with Gasteiger partial charge in [0.15, 0.2) is 11.4 Å². The molecule has 0 fully saturated rings. The van der Waals surface area contributed by atoms with Gasteiger partial charge in [-0.2, -0.15) is 4.90 Å². The van der Waals surface area contributed by atoms with Crippen LogP contribution in [0.25, 0.3) is 16.7 Å². The molecule has 0 bridgehead atoms. The second kappa shape index (κ2) is 8.82. The molecule has 0 saturated heterocycles. The lowest BCUT2D eigenvalue weighted by Crippen LogP contribution is -2.44. The third-order valence-electron chi connectivity index (χ3n) is 5.26. The molecule has 1 aliphatic heterocycles. The molecule has 0 spiro atoms. The van der Waals surface area contributed by atoms with Crippen molar-refractivity contribution in [3.05, 3.63) is 65.7 Å². The molecule has 3 amide bonds. The van der Waals surface area contributed by atoms with Gasteiger partial charge in [0.1, 0.15) is 11.2 Å². The molecule has 0 N–H and O–H groups in total. The topological polar surface area (TPSA) is 102 Å². The Balaban J connectivity index is 1.70. The fourth-order valence-corrected chi connectivity index (χ4v) is 3.78. The van der Waals surface area contributed by atoms with Gasteiger partial charge in [0.2, 0.25) is 0 Å². The van der Waals surface area contributed by atoms with Gasteiger partial charge in [-0.3, -0.25) is 4.79 Å². The van der Waals surface area contributed by atoms with Crippen LogP contribution in [0.2, 0.25) is 0 Å². The molecular formula is C27H29N3O6. The lowest BCUT2D eigenvalue weighted by molar-refractivity contribution is 0.0427. The van der Waals surface area contributed by atoms with Crippen molar-refractivity contribution in [2.75, 3.05) is 4.90 Å². The summed E-state index contributed by atoms with van der Waals surface area (Å²) in [6.45, 7) is 14.4. The van der Waals surface area contributed by atoms with Gasteiger partial charge in [0, 0.05) is 16.8 Å². The van der Waals surface area contributed by atoms with E-state index in [-0.39, 0.29) is 18.3 Å². The highest BCUT2D eigenvalue weighted by Crippen LogP contribution is 2.34. The third-order valence-corrected chi connectivity index (χ3v) is 5.26. The van der Waals surface area contributed by atoms with E-state index in [1.807, 2.05) is 18.2 Å². The summed E-state index contributed by atoms with van der Waals surface area (Å²) in [5.41, 5.74) is 1.32. The maximum atomic E-state index is 13.1. The van der Waals surface area contributed by atoms with Gasteiger partial charge < -0.3 is 18.9 Å². The van der Waals surface area contributed by atoms with Crippen molar-refractivity contribution in [3.63, 3.8) is 0 Å². The lowest BCUT2D eigenvalue weighted by atomic mass is 10.1. The van der Waals surface area contributed by atoms with Crippen LogP contribution < -0.4 is 4.90 Å². The molecule has 0 radical (unpaired) electrons.